The molecule has 17 unspecified atom stereocenters. The quantitative estimate of drug-likeness (QED) is 0.0215. The van der Waals surface area contributed by atoms with Crippen molar-refractivity contribution in [1.82, 2.24) is 5.32 Å². The number of amides is 1. The first-order valence-corrected chi connectivity index (χ1v) is 32.4. The number of carbonyl (C=O) groups is 1. The van der Waals surface area contributed by atoms with Crippen LogP contribution in [-0.2, 0) is 33.2 Å². The molecule has 12 N–H and O–H groups in total. The number of hydrogen-bond donors (Lipinski definition) is 12. The number of ether oxygens (including phenoxy) is 6. The molecule has 484 valence electrons. The van der Waals surface area contributed by atoms with Gasteiger partial charge in [-0.15, -0.1) is 0 Å². The van der Waals surface area contributed by atoms with Gasteiger partial charge in [0, 0.05) is 6.42 Å². The van der Waals surface area contributed by atoms with Crippen LogP contribution >= 0.6 is 0 Å². The third-order valence-corrected chi connectivity index (χ3v) is 16.1. The average Bonchev–Trinajstić information content (AvgIpc) is 3.28. The molecule has 0 aromatic rings. The normalized spacial score (nSPS) is 29.7. The first kappa shape index (κ1) is 75.0. The predicted octanol–water partition coefficient (Wildman–Crippen LogP) is 7.04. The molecule has 0 radical (unpaired) electrons. The Morgan fingerprint density at radius 1 is 0.422 bits per heavy atom. The molecule has 0 bridgehead atoms. The molecule has 1 amide bonds. The van der Waals surface area contributed by atoms with E-state index in [-0.39, 0.29) is 18.9 Å². The maximum Gasteiger partial charge on any atom is 0.220 e. The molecule has 3 rings (SSSR count). The van der Waals surface area contributed by atoms with Gasteiger partial charge in [-0.1, -0.05) is 197 Å². The summed E-state index contributed by atoms with van der Waals surface area (Å²) < 4.78 is 34.2. The number of rotatable bonds is 48. The highest BCUT2D eigenvalue weighted by Crippen LogP contribution is 2.33. The molecule has 3 saturated heterocycles. The first-order valence-electron chi connectivity index (χ1n) is 32.4. The van der Waals surface area contributed by atoms with E-state index in [1.54, 1.807) is 6.08 Å². The van der Waals surface area contributed by atoms with Crippen LogP contribution in [-0.4, -0.2) is 193 Å². The van der Waals surface area contributed by atoms with Gasteiger partial charge in [-0.3, -0.25) is 4.79 Å². The number of aliphatic hydroxyl groups is 11. The molecule has 3 aliphatic rings. The summed E-state index contributed by atoms with van der Waals surface area (Å²) in [6.45, 7) is 1.62. The lowest BCUT2D eigenvalue weighted by Crippen LogP contribution is -2.66. The minimum atomic E-state index is -1.98. The van der Waals surface area contributed by atoms with Crippen molar-refractivity contribution in [1.29, 1.82) is 0 Å². The second-order valence-corrected chi connectivity index (χ2v) is 23.2. The number of carbonyl (C=O) groups excluding carboxylic acids is 1. The Bertz CT molecular complexity index is 1700. The highest BCUT2D eigenvalue weighted by atomic mass is 16.8. The van der Waals surface area contributed by atoms with E-state index in [9.17, 15) is 61.0 Å². The van der Waals surface area contributed by atoms with E-state index >= 15 is 0 Å². The average molecular weight is 1190 g/mol. The van der Waals surface area contributed by atoms with E-state index in [4.69, 9.17) is 28.4 Å². The molecule has 0 aliphatic carbocycles. The molecule has 3 aliphatic heterocycles. The van der Waals surface area contributed by atoms with Gasteiger partial charge in [0.1, 0.15) is 73.2 Å². The predicted molar refractivity (Wildman–Crippen MR) is 319 cm³/mol. The summed E-state index contributed by atoms with van der Waals surface area (Å²) in [7, 11) is 0. The smallest absolute Gasteiger partial charge is 0.220 e. The fourth-order valence-corrected chi connectivity index (χ4v) is 10.8. The van der Waals surface area contributed by atoms with Gasteiger partial charge in [0.05, 0.1) is 38.6 Å². The van der Waals surface area contributed by atoms with Crippen molar-refractivity contribution < 1.29 is 89.4 Å². The van der Waals surface area contributed by atoms with Crippen molar-refractivity contribution >= 4 is 5.91 Å². The third-order valence-electron chi connectivity index (χ3n) is 16.1. The fourth-order valence-electron chi connectivity index (χ4n) is 10.8. The SMILES string of the molecule is CCC/C=C\CCCCCCCC(=O)NC(COC1OC(CO)C(OC2OC(CO)C(OC3OC(CO)C(O)C(O)C3O)C(O)C2O)C(O)C1O)C(O)/C=C/CC/C=C/CC/C=C/CCCCCCCCCCCCCCCCCCCC. The number of allylic oxidation sites excluding steroid dienone is 7. The number of hydrogen-bond acceptors (Lipinski definition) is 18. The van der Waals surface area contributed by atoms with Crippen LogP contribution in [0.4, 0.5) is 0 Å². The Hall–Kier alpha value is -2.25. The largest absolute Gasteiger partial charge is 0.394 e. The van der Waals surface area contributed by atoms with Crippen molar-refractivity contribution in [2.45, 2.75) is 324 Å². The van der Waals surface area contributed by atoms with E-state index in [1.807, 2.05) is 6.08 Å². The Morgan fingerprint density at radius 2 is 0.795 bits per heavy atom. The summed E-state index contributed by atoms with van der Waals surface area (Å²) >= 11 is 0. The summed E-state index contributed by atoms with van der Waals surface area (Å²) in [6.07, 6.45) is 27.0. The molecule has 17 atom stereocenters. The van der Waals surface area contributed by atoms with E-state index in [0.717, 1.165) is 70.6 Å². The van der Waals surface area contributed by atoms with Gasteiger partial charge in [-0.2, -0.15) is 0 Å². The lowest BCUT2D eigenvalue weighted by molar-refractivity contribution is -0.379. The van der Waals surface area contributed by atoms with E-state index in [1.165, 1.54) is 116 Å². The Kier molecular flexibility index (Phi) is 42.3. The van der Waals surface area contributed by atoms with E-state index in [0.29, 0.717) is 12.8 Å². The van der Waals surface area contributed by atoms with Crippen LogP contribution in [0, 0.1) is 0 Å². The van der Waals surface area contributed by atoms with Crippen molar-refractivity contribution in [3.8, 4) is 0 Å². The van der Waals surface area contributed by atoms with Gasteiger partial charge < -0.3 is 89.9 Å². The van der Waals surface area contributed by atoms with E-state index in [2.05, 4.69) is 55.6 Å². The zero-order valence-electron chi connectivity index (χ0n) is 50.7. The molecule has 3 heterocycles. The van der Waals surface area contributed by atoms with Crippen LogP contribution in [0.5, 0.6) is 0 Å². The molecule has 0 saturated carbocycles. The maximum absolute atomic E-state index is 13.3. The van der Waals surface area contributed by atoms with Gasteiger partial charge in [0.15, 0.2) is 18.9 Å². The van der Waals surface area contributed by atoms with Crippen LogP contribution in [0.15, 0.2) is 48.6 Å². The molecule has 0 spiro atoms. The molecular formula is C64H115NO18. The summed E-state index contributed by atoms with van der Waals surface area (Å²) in [4.78, 5) is 13.3. The van der Waals surface area contributed by atoms with Crippen molar-refractivity contribution in [2.75, 3.05) is 26.4 Å². The second kappa shape index (κ2) is 46.8. The first-order chi connectivity index (χ1) is 40.3. The number of aliphatic hydroxyl groups excluding tert-OH is 11. The molecule has 0 aromatic carbocycles. The highest BCUT2D eigenvalue weighted by Gasteiger charge is 2.53. The minimum Gasteiger partial charge on any atom is -0.394 e. The van der Waals surface area contributed by atoms with Crippen LogP contribution in [0.25, 0.3) is 0 Å². The van der Waals surface area contributed by atoms with E-state index < -0.39 is 124 Å². The van der Waals surface area contributed by atoms with Gasteiger partial charge in [0.2, 0.25) is 5.91 Å². The topological polar surface area (TPSA) is 307 Å². The van der Waals surface area contributed by atoms with Crippen LogP contribution < -0.4 is 5.32 Å². The lowest BCUT2D eigenvalue weighted by atomic mass is 9.96. The zero-order valence-corrected chi connectivity index (χ0v) is 50.7. The molecular weight excluding hydrogens is 1070 g/mol. The monoisotopic (exact) mass is 1190 g/mol. The minimum absolute atomic E-state index is 0.220. The molecule has 19 heteroatoms. The van der Waals surface area contributed by atoms with Crippen molar-refractivity contribution in [2.24, 2.45) is 0 Å². The summed E-state index contributed by atoms with van der Waals surface area (Å²) in [5.41, 5.74) is 0. The summed E-state index contributed by atoms with van der Waals surface area (Å²) in [6, 6.07) is -1.000. The maximum atomic E-state index is 13.3. The number of unbranched alkanes of at least 4 members (excludes halogenated alkanes) is 26. The Labute approximate surface area is 497 Å². The third kappa shape index (κ3) is 30.0. The number of nitrogens with one attached hydrogen (secondary N) is 1. The molecule has 3 fully saturated rings. The molecule has 83 heavy (non-hydrogen) atoms. The molecule has 0 aromatic heterocycles. The van der Waals surface area contributed by atoms with Crippen molar-refractivity contribution in [3.63, 3.8) is 0 Å². The summed E-state index contributed by atoms with van der Waals surface area (Å²) in [5.74, 6) is -0.303. The van der Waals surface area contributed by atoms with Crippen LogP contribution in [0.2, 0.25) is 0 Å². The summed E-state index contributed by atoms with van der Waals surface area (Å²) in [5, 5.41) is 120. The highest BCUT2D eigenvalue weighted by molar-refractivity contribution is 5.76. The van der Waals surface area contributed by atoms with Gasteiger partial charge in [-0.05, 0) is 64.2 Å². The Morgan fingerprint density at radius 3 is 1.25 bits per heavy atom. The molecule has 19 nitrogen and oxygen atoms in total. The van der Waals surface area contributed by atoms with Gasteiger partial charge in [0.25, 0.3) is 0 Å². The fraction of sp³-hybridized carbons (Fsp3) is 0.859. The van der Waals surface area contributed by atoms with Crippen LogP contribution in [0.3, 0.4) is 0 Å². The van der Waals surface area contributed by atoms with Crippen molar-refractivity contribution in [3.05, 3.63) is 48.6 Å². The van der Waals surface area contributed by atoms with Crippen LogP contribution in [0.1, 0.15) is 219 Å². The second-order valence-electron chi connectivity index (χ2n) is 23.2. The Balaban J connectivity index is 1.43. The standard InChI is InChI=1S/C64H115NO18/c1-3-5-7-9-11-13-15-16-17-18-19-20-21-22-23-24-25-26-27-28-29-30-31-32-33-35-37-39-41-48(69)47(65-52(70)42-40-38-36-34-14-12-10-8-6-4-2)46-78-62-58(76)55(73)60(50(44-67)80-62)83-64-59(77)56(74)61(51(45-68)81-64)82-63-57(75)54(72)53(71)49(43-66)79-63/h8,10,28-29,32-33,39,41,47-51,53-64,66-69,71-77H,3-7,9,11-27,30-31,34-38,40,42-46H2,1-2H3,(H,65,70)/b10-8-,29-28+,33-32+,41-39+. The lowest BCUT2D eigenvalue weighted by Gasteiger charge is -2.48. The van der Waals surface area contributed by atoms with Gasteiger partial charge >= 0.3 is 0 Å². The van der Waals surface area contributed by atoms with Gasteiger partial charge in [-0.25, -0.2) is 0 Å². The zero-order chi connectivity index (χ0) is 60.5.